The van der Waals surface area contributed by atoms with E-state index in [-0.39, 0.29) is 11.9 Å². The van der Waals surface area contributed by atoms with Crippen LogP contribution in [0, 0.1) is 6.92 Å². The van der Waals surface area contributed by atoms with Crippen molar-refractivity contribution in [3.63, 3.8) is 0 Å². The number of nitrogens with one attached hydrogen (secondary N) is 2. The first-order valence-corrected chi connectivity index (χ1v) is 5.08. The van der Waals surface area contributed by atoms with Gasteiger partial charge in [0.05, 0.1) is 6.04 Å². The minimum atomic E-state index is -0.0692. The predicted octanol–water partition coefficient (Wildman–Crippen LogP) is 0.476. The summed E-state index contributed by atoms with van der Waals surface area (Å²) >= 11 is 0. The van der Waals surface area contributed by atoms with Gasteiger partial charge in [0.15, 0.2) is 0 Å². The zero-order valence-electron chi connectivity index (χ0n) is 8.66. The molecular weight excluding hydrogens is 192 g/mol. The lowest BCUT2D eigenvalue weighted by molar-refractivity contribution is -0.117. The Morgan fingerprint density at radius 3 is 3.13 bits per heavy atom. The molecule has 1 amide bonds. The van der Waals surface area contributed by atoms with E-state index in [1.807, 2.05) is 6.92 Å². The Morgan fingerprint density at radius 2 is 2.47 bits per heavy atom. The van der Waals surface area contributed by atoms with Crippen LogP contribution in [0.3, 0.4) is 0 Å². The fourth-order valence-electron chi connectivity index (χ4n) is 1.64. The molecule has 0 bridgehead atoms. The summed E-state index contributed by atoms with van der Waals surface area (Å²) in [7, 11) is 0. The van der Waals surface area contributed by atoms with Gasteiger partial charge < -0.3 is 10.6 Å². The second-order valence-corrected chi connectivity index (χ2v) is 3.68. The highest BCUT2D eigenvalue weighted by molar-refractivity contribution is 5.94. The molecule has 15 heavy (non-hydrogen) atoms. The summed E-state index contributed by atoms with van der Waals surface area (Å²) in [4.78, 5) is 19.6. The van der Waals surface area contributed by atoms with E-state index in [9.17, 15) is 4.79 Å². The van der Waals surface area contributed by atoms with Crippen LogP contribution in [0.2, 0.25) is 0 Å². The first-order chi connectivity index (χ1) is 7.25. The maximum absolute atomic E-state index is 11.7. The van der Waals surface area contributed by atoms with Crippen molar-refractivity contribution in [1.29, 1.82) is 0 Å². The van der Waals surface area contributed by atoms with Gasteiger partial charge in [0, 0.05) is 11.8 Å². The molecule has 1 atom stereocenters. The highest BCUT2D eigenvalue weighted by Crippen LogP contribution is 2.08. The summed E-state index contributed by atoms with van der Waals surface area (Å²) in [6.07, 6.45) is 3.41. The van der Waals surface area contributed by atoms with E-state index in [1.54, 1.807) is 6.07 Å². The third-order valence-corrected chi connectivity index (χ3v) is 2.43. The van der Waals surface area contributed by atoms with Crippen LogP contribution in [0.4, 0.5) is 5.82 Å². The molecule has 1 aliphatic rings. The minimum absolute atomic E-state index is 0.00870. The third kappa shape index (κ3) is 2.50. The molecule has 1 aromatic rings. The monoisotopic (exact) mass is 206 g/mol. The van der Waals surface area contributed by atoms with Crippen molar-refractivity contribution in [2.24, 2.45) is 0 Å². The lowest BCUT2D eigenvalue weighted by Gasteiger charge is -2.10. The zero-order valence-corrected chi connectivity index (χ0v) is 8.66. The number of aromatic nitrogens is 2. The molecule has 0 radical (unpaired) electrons. The van der Waals surface area contributed by atoms with Gasteiger partial charge in [-0.2, -0.15) is 0 Å². The zero-order chi connectivity index (χ0) is 10.7. The summed E-state index contributed by atoms with van der Waals surface area (Å²) in [6.45, 7) is 2.78. The number of hydrogen-bond donors (Lipinski definition) is 2. The fraction of sp³-hybridized carbons (Fsp3) is 0.500. The molecule has 5 nitrogen and oxygen atoms in total. The number of nitrogens with zero attached hydrogens (tertiary/aromatic N) is 2. The molecule has 1 saturated heterocycles. The maximum Gasteiger partial charge on any atom is 0.242 e. The quantitative estimate of drug-likeness (QED) is 0.738. The van der Waals surface area contributed by atoms with Crippen LogP contribution >= 0.6 is 0 Å². The molecule has 0 unspecified atom stereocenters. The van der Waals surface area contributed by atoms with E-state index in [0.717, 1.165) is 25.1 Å². The molecule has 5 heteroatoms. The van der Waals surface area contributed by atoms with E-state index >= 15 is 0 Å². The molecule has 0 spiro atoms. The Kier molecular flexibility index (Phi) is 2.91. The average molecular weight is 206 g/mol. The van der Waals surface area contributed by atoms with Crippen LogP contribution < -0.4 is 10.6 Å². The number of carbonyl (C=O) groups excluding carboxylic acids is 1. The largest absolute Gasteiger partial charge is 0.309 e. The number of hydrogen-bond acceptors (Lipinski definition) is 4. The number of amides is 1. The van der Waals surface area contributed by atoms with Crippen LogP contribution in [0.25, 0.3) is 0 Å². The topological polar surface area (TPSA) is 66.9 Å². The molecule has 2 N–H and O–H groups in total. The Bertz CT molecular complexity index is 360. The molecule has 0 aromatic carbocycles. The van der Waals surface area contributed by atoms with Gasteiger partial charge in [0.2, 0.25) is 5.91 Å². The molecule has 1 aromatic heterocycles. The van der Waals surface area contributed by atoms with Crippen LogP contribution in [-0.4, -0.2) is 28.5 Å². The molecular formula is C10H14N4O. The van der Waals surface area contributed by atoms with Gasteiger partial charge in [-0.25, -0.2) is 9.97 Å². The smallest absolute Gasteiger partial charge is 0.242 e. The van der Waals surface area contributed by atoms with Gasteiger partial charge in [-0.1, -0.05) is 0 Å². The lowest BCUT2D eigenvalue weighted by atomic mass is 10.2. The molecule has 0 saturated carbocycles. The second kappa shape index (κ2) is 4.35. The molecule has 0 aliphatic carbocycles. The highest BCUT2D eigenvalue weighted by atomic mass is 16.2. The fourth-order valence-corrected chi connectivity index (χ4v) is 1.64. The van der Waals surface area contributed by atoms with E-state index < -0.39 is 0 Å². The highest BCUT2D eigenvalue weighted by Gasteiger charge is 2.22. The number of carbonyl (C=O) groups is 1. The summed E-state index contributed by atoms with van der Waals surface area (Å²) in [5, 5.41) is 5.91. The standard InChI is InChI=1S/C10H14N4O/c1-7-5-9(13-6-12-7)14-10(15)8-3-2-4-11-8/h5-6,8,11H,2-4H2,1H3,(H,12,13,14,15)/t8-/m0/s1. The van der Waals surface area contributed by atoms with Crippen LogP contribution in [0.1, 0.15) is 18.5 Å². The van der Waals surface area contributed by atoms with Gasteiger partial charge in [0.1, 0.15) is 12.1 Å². The van der Waals surface area contributed by atoms with Crippen molar-refractivity contribution in [2.45, 2.75) is 25.8 Å². The summed E-state index contributed by atoms with van der Waals surface area (Å²) in [5.41, 5.74) is 0.847. The Hall–Kier alpha value is -1.49. The van der Waals surface area contributed by atoms with E-state index in [2.05, 4.69) is 20.6 Å². The van der Waals surface area contributed by atoms with E-state index in [0.29, 0.717) is 5.82 Å². The van der Waals surface area contributed by atoms with Crippen molar-refractivity contribution in [3.05, 3.63) is 18.1 Å². The predicted molar refractivity (Wildman–Crippen MR) is 56.4 cm³/mol. The van der Waals surface area contributed by atoms with Gasteiger partial charge in [-0.3, -0.25) is 4.79 Å². The normalized spacial score (nSPS) is 20.2. The van der Waals surface area contributed by atoms with Gasteiger partial charge >= 0.3 is 0 Å². The van der Waals surface area contributed by atoms with Gasteiger partial charge in [0.25, 0.3) is 0 Å². The van der Waals surface area contributed by atoms with Crippen molar-refractivity contribution in [3.8, 4) is 0 Å². The lowest BCUT2D eigenvalue weighted by Crippen LogP contribution is -2.35. The van der Waals surface area contributed by atoms with Crippen molar-refractivity contribution < 1.29 is 4.79 Å². The molecule has 1 aliphatic heterocycles. The first kappa shape index (κ1) is 10.0. The summed E-state index contributed by atoms with van der Waals surface area (Å²) in [6, 6.07) is 1.69. The Morgan fingerprint density at radius 1 is 1.60 bits per heavy atom. The van der Waals surface area contributed by atoms with Crippen molar-refractivity contribution in [2.75, 3.05) is 11.9 Å². The summed E-state index contributed by atoms with van der Waals surface area (Å²) < 4.78 is 0. The number of aryl methyl sites for hydroxylation is 1. The number of anilines is 1. The van der Waals surface area contributed by atoms with E-state index in [1.165, 1.54) is 6.33 Å². The summed E-state index contributed by atoms with van der Waals surface area (Å²) in [5.74, 6) is 0.562. The van der Waals surface area contributed by atoms with E-state index in [4.69, 9.17) is 0 Å². The Labute approximate surface area is 88.3 Å². The molecule has 80 valence electrons. The SMILES string of the molecule is Cc1cc(NC(=O)[C@@H]2CCCN2)ncn1. The average Bonchev–Trinajstić information content (AvgIpc) is 2.70. The maximum atomic E-state index is 11.7. The molecule has 1 fully saturated rings. The molecule has 2 heterocycles. The van der Waals surface area contributed by atoms with Gasteiger partial charge in [-0.05, 0) is 26.3 Å². The van der Waals surface area contributed by atoms with Crippen LogP contribution in [-0.2, 0) is 4.79 Å². The number of rotatable bonds is 2. The Balaban J connectivity index is 1.99. The minimum Gasteiger partial charge on any atom is -0.309 e. The second-order valence-electron chi connectivity index (χ2n) is 3.68. The van der Waals surface area contributed by atoms with Crippen LogP contribution in [0.15, 0.2) is 12.4 Å². The first-order valence-electron chi connectivity index (χ1n) is 5.08. The third-order valence-electron chi connectivity index (χ3n) is 2.43. The van der Waals surface area contributed by atoms with Crippen molar-refractivity contribution in [1.82, 2.24) is 15.3 Å². The van der Waals surface area contributed by atoms with Gasteiger partial charge in [-0.15, -0.1) is 0 Å². The molecule has 2 rings (SSSR count). The van der Waals surface area contributed by atoms with Crippen LogP contribution in [0.5, 0.6) is 0 Å². The van der Waals surface area contributed by atoms with Crippen molar-refractivity contribution >= 4 is 11.7 Å².